The molecule has 110 valence electrons. The van der Waals surface area contributed by atoms with Crippen LogP contribution < -0.4 is 15.4 Å². The van der Waals surface area contributed by atoms with Crippen molar-refractivity contribution in [3.8, 4) is 5.75 Å². The Labute approximate surface area is 119 Å². The zero-order chi connectivity index (χ0) is 15.0. The monoisotopic (exact) mass is 278 g/mol. The van der Waals surface area contributed by atoms with E-state index in [1.54, 1.807) is 14.0 Å². The van der Waals surface area contributed by atoms with Crippen LogP contribution in [0.1, 0.15) is 25.8 Å². The zero-order valence-electron chi connectivity index (χ0n) is 12.2. The van der Waals surface area contributed by atoms with Crippen LogP contribution in [0.15, 0.2) is 24.3 Å². The summed E-state index contributed by atoms with van der Waals surface area (Å²) in [4.78, 5) is 23.3. The third-order valence-corrected chi connectivity index (χ3v) is 2.94. The Balaban J connectivity index is 2.45. The average molecular weight is 278 g/mol. The predicted octanol–water partition coefficient (Wildman–Crippen LogP) is 1.27. The van der Waals surface area contributed by atoms with Crippen LogP contribution in [0.25, 0.3) is 0 Å². The van der Waals surface area contributed by atoms with E-state index in [0.29, 0.717) is 19.4 Å². The maximum Gasteiger partial charge on any atom is 0.242 e. The molecule has 0 aromatic heterocycles. The van der Waals surface area contributed by atoms with E-state index in [1.165, 1.54) is 0 Å². The highest BCUT2D eigenvalue weighted by Crippen LogP contribution is 2.18. The summed E-state index contributed by atoms with van der Waals surface area (Å²) in [6.07, 6.45) is 0.905. The first-order chi connectivity index (χ1) is 9.58. The summed E-state index contributed by atoms with van der Waals surface area (Å²) in [5, 5.41) is 5.35. The molecule has 0 unspecified atom stereocenters. The lowest BCUT2D eigenvalue weighted by Gasteiger charge is -2.13. The molecule has 0 bridgehead atoms. The van der Waals surface area contributed by atoms with E-state index in [4.69, 9.17) is 4.74 Å². The van der Waals surface area contributed by atoms with Gasteiger partial charge in [0.1, 0.15) is 11.8 Å². The van der Waals surface area contributed by atoms with Crippen LogP contribution in [-0.4, -0.2) is 31.5 Å². The van der Waals surface area contributed by atoms with Crippen molar-refractivity contribution in [2.24, 2.45) is 0 Å². The van der Waals surface area contributed by atoms with Crippen molar-refractivity contribution in [1.82, 2.24) is 10.6 Å². The second-order valence-corrected chi connectivity index (χ2v) is 4.50. The Morgan fingerprint density at radius 2 is 2.00 bits per heavy atom. The van der Waals surface area contributed by atoms with Gasteiger partial charge >= 0.3 is 0 Å². The number of benzene rings is 1. The second-order valence-electron chi connectivity index (χ2n) is 4.50. The van der Waals surface area contributed by atoms with Crippen molar-refractivity contribution in [3.05, 3.63) is 29.8 Å². The highest BCUT2D eigenvalue weighted by atomic mass is 16.5. The molecular weight excluding hydrogens is 256 g/mol. The van der Waals surface area contributed by atoms with Crippen LogP contribution in [-0.2, 0) is 16.0 Å². The van der Waals surface area contributed by atoms with Crippen LogP contribution in [0.3, 0.4) is 0 Å². The van der Waals surface area contributed by atoms with Crippen LogP contribution in [0.2, 0.25) is 0 Å². The van der Waals surface area contributed by atoms with Crippen molar-refractivity contribution in [3.63, 3.8) is 0 Å². The third-order valence-electron chi connectivity index (χ3n) is 2.94. The maximum atomic E-state index is 11.8. The molecule has 0 saturated heterocycles. The van der Waals surface area contributed by atoms with E-state index in [2.05, 4.69) is 10.6 Å². The van der Waals surface area contributed by atoms with Gasteiger partial charge in [-0.25, -0.2) is 0 Å². The fourth-order valence-corrected chi connectivity index (χ4v) is 1.86. The number of aryl methyl sites for hydroxylation is 1. The standard InChI is InChI=1S/C15H22N2O3/c1-4-16-15(19)11(2)17-14(18)10-9-12-7-5-6-8-13(12)20-3/h5-8,11H,4,9-10H2,1-3H3,(H,16,19)(H,17,18)/t11-/m1/s1. The lowest BCUT2D eigenvalue weighted by Crippen LogP contribution is -2.44. The van der Waals surface area contributed by atoms with Gasteiger partial charge in [0.05, 0.1) is 7.11 Å². The van der Waals surface area contributed by atoms with Crippen LogP contribution in [0, 0.1) is 0 Å². The van der Waals surface area contributed by atoms with Gasteiger partial charge in [0.2, 0.25) is 11.8 Å². The van der Waals surface area contributed by atoms with Crippen LogP contribution in [0.4, 0.5) is 0 Å². The second kappa shape index (κ2) is 8.19. The number of nitrogens with one attached hydrogen (secondary N) is 2. The van der Waals surface area contributed by atoms with Crippen molar-refractivity contribution < 1.29 is 14.3 Å². The number of rotatable bonds is 7. The van der Waals surface area contributed by atoms with Gasteiger partial charge in [-0.2, -0.15) is 0 Å². The summed E-state index contributed by atoms with van der Waals surface area (Å²) in [6, 6.07) is 7.08. The summed E-state index contributed by atoms with van der Waals surface area (Å²) in [5.41, 5.74) is 0.982. The molecule has 5 nitrogen and oxygen atoms in total. The van der Waals surface area contributed by atoms with E-state index in [0.717, 1.165) is 11.3 Å². The fourth-order valence-electron chi connectivity index (χ4n) is 1.86. The number of ether oxygens (including phenoxy) is 1. The Kier molecular flexibility index (Phi) is 6.56. The molecule has 1 aromatic carbocycles. The summed E-state index contributed by atoms with van der Waals surface area (Å²) >= 11 is 0. The SMILES string of the molecule is CCNC(=O)[C@@H](C)NC(=O)CCc1ccccc1OC. The predicted molar refractivity (Wildman–Crippen MR) is 77.6 cm³/mol. The van der Waals surface area contributed by atoms with E-state index in [9.17, 15) is 9.59 Å². The molecule has 2 amide bonds. The number of hydrogen-bond acceptors (Lipinski definition) is 3. The fraction of sp³-hybridized carbons (Fsp3) is 0.467. The average Bonchev–Trinajstić information content (AvgIpc) is 2.45. The first kappa shape index (κ1) is 16.0. The zero-order valence-corrected chi connectivity index (χ0v) is 12.2. The molecule has 0 aliphatic carbocycles. The molecular formula is C15H22N2O3. The number of amides is 2. The lowest BCUT2D eigenvalue weighted by molar-refractivity contribution is -0.128. The smallest absolute Gasteiger partial charge is 0.242 e. The van der Waals surface area contributed by atoms with Crippen molar-refractivity contribution in [1.29, 1.82) is 0 Å². The molecule has 5 heteroatoms. The van der Waals surface area contributed by atoms with Gasteiger partial charge in [0, 0.05) is 13.0 Å². The minimum atomic E-state index is -0.514. The van der Waals surface area contributed by atoms with E-state index >= 15 is 0 Å². The molecule has 2 N–H and O–H groups in total. The first-order valence-electron chi connectivity index (χ1n) is 6.77. The number of carbonyl (C=O) groups excluding carboxylic acids is 2. The summed E-state index contributed by atoms with van der Waals surface area (Å²) in [6.45, 7) is 4.07. The Morgan fingerprint density at radius 1 is 1.30 bits per heavy atom. The number of hydrogen-bond donors (Lipinski definition) is 2. The van der Waals surface area contributed by atoms with Gasteiger partial charge in [-0.05, 0) is 31.9 Å². The Morgan fingerprint density at radius 3 is 2.65 bits per heavy atom. The summed E-state index contributed by atoms with van der Waals surface area (Å²) in [7, 11) is 1.61. The van der Waals surface area contributed by atoms with Gasteiger partial charge < -0.3 is 15.4 Å². The van der Waals surface area contributed by atoms with E-state index in [1.807, 2.05) is 31.2 Å². The number of methoxy groups -OCH3 is 1. The van der Waals surface area contributed by atoms with Gasteiger partial charge in [-0.15, -0.1) is 0 Å². The minimum Gasteiger partial charge on any atom is -0.496 e. The maximum absolute atomic E-state index is 11.8. The van der Waals surface area contributed by atoms with Crippen molar-refractivity contribution in [2.45, 2.75) is 32.7 Å². The number of carbonyl (C=O) groups is 2. The molecule has 0 heterocycles. The Bertz CT molecular complexity index is 460. The number of para-hydroxylation sites is 1. The molecule has 0 aliphatic heterocycles. The molecule has 1 atom stereocenters. The molecule has 20 heavy (non-hydrogen) atoms. The molecule has 0 saturated carbocycles. The van der Waals surface area contributed by atoms with Gasteiger partial charge in [0.25, 0.3) is 0 Å². The third kappa shape index (κ3) is 4.91. The highest BCUT2D eigenvalue weighted by molar-refractivity contribution is 5.87. The van der Waals surface area contributed by atoms with Gasteiger partial charge in [-0.3, -0.25) is 9.59 Å². The molecule has 0 spiro atoms. The molecule has 0 fully saturated rings. The topological polar surface area (TPSA) is 67.4 Å². The van der Waals surface area contributed by atoms with Gasteiger partial charge in [0.15, 0.2) is 0 Å². The van der Waals surface area contributed by atoms with E-state index < -0.39 is 6.04 Å². The molecule has 0 aliphatic rings. The van der Waals surface area contributed by atoms with Crippen molar-refractivity contribution in [2.75, 3.05) is 13.7 Å². The van der Waals surface area contributed by atoms with Crippen LogP contribution in [0.5, 0.6) is 5.75 Å². The van der Waals surface area contributed by atoms with Crippen molar-refractivity contribution >= 4 is 11.8 Å². The largest absolute Gasteiger partial charge is 0.496 e. The molecule has 1 aromatic rings. The van der Waals surface area contributed by atoms with E-state index in [-0.39, 0.29) is 11.8 Å². The highest BCUT2D eigenvalue weighted by Gasteiger charge is 2.14. The normalized spacial score (nSPS) is 11.6. The summed E-state index contributed by atoms with van der Waals surface area (Å²) in [5.74, 6) is 0.463. The Hall–Kier alpha value is -2.04. The quantitative estimate of drug-likeness (QED) is 0.789. The number of likely N-dealkylation sites (N-methyl/N-ethyl adjacent to an activating group) is 1. The minimum absolute atomic E-state index is 0.144. The molecule has 0 radical (unpaired) electrons. The summed E-state index contributed by atoms with van der Waals surface area (Å²) < 4.78 is 5.23. The van der Waals surface area contributed by atoms with Crippen LogP contribution >= 0.6 is 0 Å². The first-order valence-corrected chi connectivity index (χ1v) is 6.77. The molecule has 1 rings (SSSR count). The van der Waals surface area contributed by atoms with Gasteiger partial charge in [-0.1, -0.05) is 18.2 Å². The lowest BCUT2D eigenvalue weighted by atomic mass is 10.1.